The van der Waals surface area contributed by atoms with Crippen molar-refractivity contribution < 1.29 is 9.00 Å². The smallest absolute Gasteiger partial charge is 0.251 e. The highest BCUT2D eigenvalue weighted by atomic mass is 32.2. The fourth-order valence-electron chi connectivity index (χ4n) is 1.56. The fraction of sp³-hybridized carbons (Fsp3) is 0.462. The summed E-state index contributed by atoms with van der Waals surface area (Å²) in [6.07, 6.45) is 1.63. The van der Waals surface area contributed by atoms with Crippen molar-refractivity contribution in [2.45, 2.75) is 12.2 Å². The Hall–Kier alpha value is -1.56. The van der Waals surface area contributed by atoms with E-state index in [9.17, 15) is 9.00 Å². The molecule has 2 unspecified atom stereocenters. The second-order valence-electron chi connectivity index (χ2n) is 4.69. The number of carbonyl (C=O) groups excluding carboxylic acids is 1. The molecule has 3 N–H and O–H groups in total. The zero-order chi connectivity index (χ0) is 14.6. The Labute approximate surface area is 116 Å². The molecule has 0 fully saturated rings. The standard InChI is InChI=1S/C13H21N3O2S/c1-9(19(4)18)8-15-13(17)10-5-6-12(16(2)3)11(14)7-10/h5-7,9H,8,14H2,1-4H3,(H,15,17). The third-order valence-electron chi connectivity index (χ3n) is 2.89. The largest absolute Gasteiger partial charge is 0.397 e. The minimum atomic E-state index is -0.943. The van der Waals surface area contributed by atoms with Gasteiger partial charge in [0.05, 0.1) is 11.4 Å². The molecular weight excluding hydrogens is 262 g/mol. The Balaban J connectivity index is 2.73. The van der Waals surface area contributed by atoms with Crippen LogP contribution in [0, 0.1) is 0 Å². The van der Waals surface area contributed by atoms with Crippen molar-refractivity contribution in [3.05, 3.63) is 23.8 Å². The third kappa shape index (κ3) is 4.24. The molecule has 5 nitrogen and oxygen atoms in total. The summed E-state index contributed by atoms with van der Waals surface area (Å²) in [6, 6.07) is 5.19. The highest BCUT2D eigenvalue weighted by molar-refractivity contribution is 7.84. The van der Waals surface area contributed by atoms with E-state index in [0.29, 0.717) is 17.8 Å². The predicted octanol–water partition coefficient (Wildman–Crippen LogP) is 0.832. The summed E-state index contributed by atoms with van der Waals surface area (Å²) in [4.78, 5) is 13.8. The van der Waals surface area contributed by atoms with Crippen molar-refractivity contribution >= 4 is 28.1 Å². The topological polar surface area (TPSA) is 75.4 Å². The first-order valence-electron chi connectivity index (χ1n) is 6.00. The Morgan fingerprint density at radius 1 is 1.47 bits per heavy atom. The summed E-state index contributed by atoms with van der Waals surface area (Å²) in [5, 5.41) is 2.69. The molecule has 1 amide bonds. The molecule has 0 saturated carbocycles. The molecule has 6 heteroatoms. The Morgan fingerprint density at radius 2 is 2.11 bits per heavy atom. The molecule has 19 heavy (non-hydrogen) atoms. The highest BCUT2D eigenvalue weighted by Crippen LogP contribution is 2.22. The number of nitrogens with two attached hydrogens (primary N) is 1. The van der Waals surface area contributed by atoms with Crippen molar-refractivity contribution in [1.29, 1.82) is 0 Å². The number of anilines is 2. The first kappa shape index (κ1) is 15.5. The number of hydrogen-bond donors (Lipinski definition) is 2. The van der Waals surface area contributed by atoms with Gasteiger partial charge in [0.15, 0.2) is 0 Å². The maximum absolute atomic E-state index is 11.9. The van der Waals surface area contributed by atoms with Gasteiger partial charge in [-0.3, -0.25) is 9.00 Å². The Morgan fingerprint density at radius 3 is 2.58 bits per heavy atom. The zero-order valence-corrected chi connectivity index (χ0v) is 12.6. The van der Waals surface area contributed by atoms with Gasteiger partial charge in [-0.25, -0.2) is 0 Å². The summed E-state index contributed by atoms with van der Waals surface area (Å²) >= 11 is 0. The minimum Gasteiger partial charge on any atom is -0.397 e. The van der Waals surface area contributed by atoms with Crippen LogP contribution in [-0.4, -0.2) is 42.3 Å². The van der Waals surface area contributed by atoms with Crippen LogP contribution in [0.1, 0.15) is 17.3 Å². The van der Waals surface area contributed by atoms with Crippen LogP contribution in [-0.2, 0) is 10.8 Å². The van der Waals surface area contributed by atoms with Gasteiger partial charge >= 0.3 is 0 Å². The van der Waals surface area contributed by atoms with Crippen molar-refractivity contribution in [3.63, 3.8) is 0 Å². The second-order valence-corrected chi connectivity index (χ2v) is 6.49. The lowest BCUT2D eigenvalue weighted by Crippen LogP contribution is -2.32. The van der Waals surface area contributed by atoms with E-state index >= 15 is 0 Å². The molecule has 0 radical (unpaired) electrons. The van der Waals surface area contributed by atoms with Crippen LogP contribution in [0.4, 0.5) is 11.4 Å². The molecular formula is C13H21N3O2S. The van der Waals surface area contributed by atoms with Crippen LogP contribution in [0.3, 0.4) is 0 Å². The van der Waals surface area contributed by atoms with Gasteiger partial charge in [0.2, 0.25) is 0 Å². The van der Waals surface area contributed by atoms with Crippen LogP contribution in [0.15, 0.2) is 18.2 Å². The summed E-state index contributed by atoms with van der Waals surface area (Å²) in [7, 11) is 2.84. The number of nitrogen functional groups attached to an aromatic ring is 1. The van der Waals surface area contributed by atoms with Crippen molar-refractivity contribution in [1.82, 2.24) is 5.32 Å². The fourth-order valence-corrected chi connectivity index (χ4v) is 1.88. The van der Waals surface area contributed by atoms with Crippen molar-refractivity contribution in [3.8, 4) is 0 Å². The second kappa shape index (κ2) is 6.56. The van der Waals surface area contributed by atoms with Gasteiger partial charge in [0.25, 0.3) is 5.91 Å². The molecule has 0 saturated heterocycles. The van der Waals surface area contributed by atoms with E-state index in [1.165, 1.54) is 0 Å². The lowest BCUT2D eigenvalue weighted by molar-refractivity contribution is 0.0954. The van der Waals surface area contributed by atoms with Crippen molar-refractivity contribution in [2.24, 2.45) is 0 Å². The van der Waals surface area contributed by atoms with Gasteiger partial charge in [-0.2, -0.15) is 0 Å². The number of carbonyl (C=O) groups is 1. The Kier molecular flexibility index (Phi) is 5.35. The molecule has 0 aliphatic heterocycles. The molecule has 0 aliphatic rings. The summed E-state index contributed by atoms with van der Waals surface area (Å²) < 4.78 is 11.2. The number of benzene rings is 1. The maximum atomic E-state index is 11.9. The molecule has 0 heterocycles. The van der Waals surface area contributed by atoms with E-state index in [2.05, 4.69) is 5.32 Å². The van der Waals surface area contributed by atoms with Crippen LogP contribution in [0.2, 0.25) is 0 Å². The first-order valence-corrected chi connectivity index (χ1v) is 7.62. The highest BCUT2D eigenvalue weighted by Gasteiger charge is 2.11. The van der Waals surface area contributed by atoms with Crippen LogP contribution >= 0.6 is 0 Å². The minimum absolute atomic E-state index is 0.0673. The maximum Gasteiger partial charge on any atom is 0.251 e. The molecule has 1 rings (SSSR count). The normalized spacial score (nSPS) is 13.7. The molecule has 0 aliphatic carbocycles. The average molecular weight is 283 g/mol. The van der Waals surface area contributed by atoms with Gasteiger partial charge < -0.3 is 16.0 Å². The van der Waals surface area contributed by atoms with Gasteiger partial charge in [-0.05, 0) is 25.1 Å². The average Bonchev–Trinajstić information content (AvgIpc) is 2.34. The van der Waals surface area contributed by atoms with Crippen molar-refractivity contribution in [2.75, 3.05) is 37.5 Å². The molecule has 2 atom stereocenters. The molecule has 1 aromatic carbocycles. The van der Waals surface area contributed by atoms with Gasteiger partial charge in [-0.15, -0.1) is 0 Å². The number of amides is 1. The van der Waals surface area contributed by atoms with Crippen LogP contribution < -0.4 is 16.0 Å². The van der Waals surface area contributed by atoms with Gasteiger partial charge in [0.1, 0.15) is 0 Å². The first-order chi connectivity index (χ1) is 8.82. The van der Waals surface area contributed by atoms with Gasteiger partial charge in [0, 0.05) is 48.5 Å². The quantitative estimate of drug-likeness (QED) is 0.785. The molecule has 106 valence electrons. The number of rotatable bonds is 5. The lowest BCUT2D eigenvalue weighted by Gasteiger charge is -2.16. The van der Waals surface area contributed by atoms with E-state index in [0.717, 1.165) is 5.69 Å². The number of nitrogens with zero attached hydrogens (tertiary/aromatic N) is 1. The van der Waals surface area contributed by atoms with E-state index in [4.69, 9.17) is 5.73 Å². The SMILES string of the molecule is CC(CNC(=O)c1ccc(N(C)C)c(N)c1)S(C)=O. The van der Waals surface area contributed by atoms with Gasteiger partial charge in [-0.1, -0.05) is 0 Å². The molecule has 1 aromatic rings. The monoisotopic (exact) mass is 283 g/mol. The van der Waals surface area contributed by atoms with E-state index in [1.54, 1.807) is 18.4 Å². The lowest BCUT2D eigenvalue weighted by atomic mass is 10.1. The van der Waals surface area contributed by atoms with E-state index < -0.39 is 10.8 Å². The summed E-state index contributed by atoms with van der Waals surface area (Å²) in [5.74, 6) is -0.200. The summed E-state index contributed by atoms with van der Waals surface area (Å²) in [5.41, 5.74) is 7.84. The van der Waals surface area contributed by atoms with E-state index in [1.807, 2.05) is 32.0 Å². The predicted molar refractivity (Wildman–Crippen MR) is 81.0 cm³/mol. The third-order valence-corrected chi connectivity index (χ3v) is 4.19. The zero-order valence-electron chi connectivity index (χ0n) is 11.8. The number of nitrogens with one attached hydrogen (secondary N) is 1. The number of hydrogen-bond acceptors (Lipinski definition) is 4. The molecule has 0 bridgehead atoms. The van der Waals surface area contributed by atoms with Crippen LogP contribution in [0.25, 0.3) is 0 Å². The Bertz CT molecular complexity index is 489. The van der Waals surface area contributed by atoms with E-state index in [-0.39, 0.29) is 11.2 Å². The summed E-state index contributed by atoms with van der Waals surface area (Å²) in [6.45, 7) is 2.22. The molecule has 0 spiro atoms. The van der Waals surface area contributed by atoms with Crippen LogP contribution in [0.5, 0.6) is 0 Å². The molecule has 0 aromatic heterocycles.